The average molecular weight is 410 g/mol. The van der Waals surface area contributed by atoms with Gasteiger partial charge in [-0.3, -0.25) is 14.4 Å². The molecule has 4 atom stereocenters. The van der Waals surface area contributed by atoms with E-state index in [9.17, 15) is 24.3 Å². The van der Waals surface area contributed by atoms with Crippen LogP contribution >= 0.6 is 0 Å². The Labute approximate surface area is 166 Å². The lowest BCUT2D eigenvalue weighted by atomic mass is 10.1. The fraction of sp³-hybridized carbons (Fsp3) is 0.588. The number of rotatable bonds is 10. The number of aliphatic hydroxyl groups is 1. The summed E-state index contributed by atoms with van der Waals surface area (Å²) in [5.74, 6) is -3.10. The average Bonchev–Trinajstić information content (AvgIpc) is 3.36. The van der Waals surface area contributed by atoms with Crippen LogP contribution in [0.1, 0.15) is 25.5 Å². The molecule has 1 aliphatic rings. The second kappa shape index (κ2) is 10.5. The Kier molecular flexibility index (Phi) is 8.09. The normalized spacial score (nSPS) is 19.0. The molecule has 29 heavy (non-hydrogen) atoms. The third kappa shape index (κ3) is 6.84. The number of aromatic amines is 1. The van der Waals surface area contributed by atoms with Crippen molar-refractivity contribution in [2.45, 2.75) is 50.4 Å². The van der Waals surface area contributed by atoms with Gasteiger partial charge in [0, 0.05) is 18.3 Å². The van der Waals surface area contributed by atoms with Gasteiger partial charge in [0.2, 0.25) is 17.7 Å². The van der Waals surface area contributed by atoms with Crippen molar-refractivity contribution in [3.63, 3.8) is 0 Å². The van der Waals surface area contributed by atoms with E-state index < -0.39 is 36.0 Å². The molecule has 1 saturated heterocycles. The van der Waals surface area contributed by atoms with Crippen molar-refractivity contribution < 1.29 is 29.4 Å². The molecule has 4 unspecified atom stereocenters. The van der Waals surface area contributed by atoms with Crippen LogP contribution in [0.25, 0.3) is 0 Å². The molecule has 1 aromatic rings. The van der Waals surface area contributed by atoms with Gasteiger partial charge >= 0.3 is 5.97 Å². The molecule has 0 saturated carbocycles. The van der Waals surface area contributed by atoms with Crippen LogP contribution in [-0.2, 0) is 25.6 Å². The first kappa shape index (κ1) is 22.3. The predicted molar refractivity (Wildman–Crippen MR) is 99.5 cm³/mol. The number of H-pyrrole nitrogens is 1. The van der Waals surface area contributed by atoms with Gasteiger partial charge in [0.05, 0.1) is 25.0 Å². The third-order valence-corrected chi connectivity index (χ3v) is 4.48. The van der Waals surface area contributed by atoms with E-state index in [1.165, 1.54) is 19.4 Å². The molecule has 0 radical (unpaired) electrons. The molecule has 0 aliphatic carbocycles. The van der Waals surface area contributed by atoms with Gasteiger partial charge in [-0.1, -0.05) is 0 Å². The Hall–Kier alpha value is -2.99. The molecule has 0 bridgehead atoms. The molecule has 3 amide bonds. The third-order valence-electron chi connectivity index (χ3n) is 4.48. The van der Waals surface area contributed by atoms with Crippen LogP contribution in [0.5, 0.6) is 0 Å². The van der Waals surface area contributed by atoms with E-state index in [0.29, 0.717) is 12.1 Å². The molecule has 160 valence electrons. The molecular weight excluding hydrogens is 384 g/mol. The smallest absolute Gasteiger partial charge is 0.328 e. The molecule has 1 fully saturated rings. The van der Waals surface area contributed by atoms with E-state index in [2.05, 4.69) is 31.2 Å². The molecule has 2 rings (SSSR count). The van der Waals surface area contributed by atoms with Gasteiger partial charge in [0.25, 0.3) is 0 Å². The van der Waals surface area contributed by atoms with Gasteiger partial charge < -0.3 is 36.5 Å². The summed E-state index contributed by atoms with van der Waals surface area (Å²) in [5, 5.41) is 28.9. The number of nitrogens with zero attached hydrogens (tertiary/aromatic N) is 1. The molecule has 2 heterocycles. The summed E-state index contributed by atoms with van der Waals surface area (Å²) in [6, 6.07) is -3.00. The summed E-state index contributed by atoms with van der Waals surface area (Å²) in [5.41, 5.74) is 0.536. The van der Waals surface area contributed by atoms with Crippen LogP contribution in [0, 0.1) is 0 Å². The number of carbonyl (C=O) groups is 4. The lowest BCUT2D eigenvalue weighted by Crippen LogP contribution is -2.56. The maximum Gasteiger partial charge on any atom is 0.328 e. The first-order chi connectivity index (χ1) is 13.8. The number of amides is 3. The van der Waals surface area contributed by atoms with Crippen molar-refractivity contribution in [3.05, 3.63) is 18.2 Å². The van der Waals surface area contributed by atoms with Gasteiger partial charge in [-0.25, -0.2) is 9.78 Å². The highest BCUT2D eigenvalue weighted by Crippen LogP contribution is 2.04. The van der Waals surface area contributed by atoms with Crippen LogP contribution in [0.4, 0.5) is 0 Å². The van der Waals surface area contributed by atoms with Crippen LogP contribution in [0.2, 0.25) is 0 Å². The summed E-state index contributed by atoms with van der Waals surface area (Å²) in [6.45, 7) is 1.64. The summed E-state index contributed by atoms with van der Waals surface area (Å²) >= 11 is 0. The van der Waals surface area contributed by atoms with E-state index >= 15 is 0 Å². The highest BCUT2D eigenvalue weighted by Gasteiger charge is 2.30. The van der Waals surface area contributed by atoms with Gasteiger partial charge in [0.15, 0.2) is 6.04 Å². The summed E-state index contributed by atoms with van der Waals surface area (Å²) in [4.78, 5) is 54.6. The predicted octanol–water partition coefficient (Wildman–Crippen LogP) is -2.74. The highest BCUT2D eigenvalue weighted by molar-refractivity contribution is 5.92. The number of aliphatic carboxylic acids is 1. The largest absolute Gasteiger partial charge is 0.480 e. The van der Waals surface area contributed by atoms with E-state index in [1.54, 1.807) is 0 Å². The second-order valence-electron chi connectivity index (χ2n) is 6.83. The number of nitrogens with one attached hydrogen (secondary N) is 5. The Morgan fingerprint density at radius 3 is 2.62 bits per heavy atom. The monoisotopic (exact) mass is 410 g/mol. The van der Waals surface area contributed by atoms with Crippen LogP contribution in [-0.4, -0.2) is 81.2 Å². The van der Waals surface area contributed by atoms with Crippen molar-refractivity contribution in [2.75, 3.05) is 13.1 Å². The molecular formula is C17H26N6O6. The van der Waals surface area contributed by atoms with E-state index in [1.807, 2.05) is 0 Å². The number of carboxylic acid groups (broad SMARTS) is 1. The lowest BCUT2D eigenvalue weighted by Gasteiger charge is -2.22. The number of aromatic nitrogens is 2. The second-order valence-corrected chi connectivity index (χ2v) is 6.83. The zero-order valence-electron chi connectivity index (χ0n) is 16.0. The number of aliphatic hydroxyl groups excluding tert-OH is 1. The Balaban J connectivity index is 1.97. The lowest BCUT2D eigenvalue weighted by molar-refractivity contribution is -0.145. The van der Waals surface area contributed by atoms with Gasteiger partial charge in [-0.2, -0.15) is 0 Å². The quantitative estimate of drug-likeness (QED) is 0.216. The van der Waals surface area contributed by atoms with Gasteiger partial charge in [-0.05, 0) is 26.3 Å². The molecule has 0 aromatic carbocycles. The van der Waals surface area contributed by atoms with Crippen molar-refractivity contribution in [2.24, 2.45) is 0 Å². The molecule has 12 nitrogen and oxygen atoms in total. The Bertz CT molecular complexity index is 716. The molecule has 1 aliphatic heterocycles. The number of carbonyl (C=O) groups excluding carboxylic acids is 3. The highest BCUT2D eigenvalue weighted by atomic mass is 16.4. The first-order valence-corrected chi connectivity index (χ1v) is 9.27. The van der Waals surface area contributed by atoms with Crippen LogP contribution in [0.3, 0.4) is 0 Å². The Morgan fingerprint density at radius 1 is 1.31 bits per heavy atom. The first-order valence-electron chi connectivity index (χ1n) is 9.27. The number of imidazole rings is 1. The van der Waals surface area contributed by atoms with E-state index in [4.69, 9.17) is 5.11 Å². The fourth-order valence-corrected chi connectivity index (χ4v) is 2.91. The van der Waals surface area contributed by atoms with Crippen LogP contribution < -0.4 is 21.3 Å². The van der Waals surface area contributed by atoms with E-state index in [0.717, 1.165) is 13.0 Å². The maximum atomic E-state index is 12.5. The SMILES string of the molecule is CC(O)C(NC(=O)C(Cc1cnc[nH]1)NC(=O)CNC(=O)C1CCCN1)C(=O)O. The molecule has 12 heteroatoms. The molecule has 1 aromatic heterocycles. The van der Waals surface area contributed by atoms with Crippen molar-refractivity contribution in [1.29, 1.82) is 0 Å². The fourth-order valence-electron chi connectivity index (χ4n) is 2.91. The maximum absolute atomic E-state index is 12.5. The standard InChI is InChI=1S/C17H26N6O6/c1-9(24)14(17(28)29)23-16(27)12(5-10-6-18-8-21-10)22-13(25)7-20-15(26)11-3-2-4-19-11/h6,8-9,11-12,14,19,24H,2-5,7H2,1H3,(H,18,21)(H,20,26)(H,22,25)(H,23,27)(H,28,29). The summed E-state index contributed by atoms with van der Waals surface area (Å²) in [6.07, 6.45) is 3.11. The minimum atomic E-state index is -1.53. The minimum absolute atomic E-state index is 0.0157. The van der Waals surface area contributed by atoms with Gasteiger partial charge in [0.1, 0.15) is 6.04 Å². The Morgan fingerprint density at radius 2 is 2.07 bits per heavy atom. The van der Waals surface area contributed by atoms with Crippen LogP contribution in [0.15, 0.2) is 12.5 Å². The molecule has 7 N–H and O–H groups in total. The van der Waals surface area contributed by atoms with Crippen molar-refractivity contribution >= 4 is 23.7 Å². The topological polar surface area (TPSA) is 186 Å². The van der Waals surface area contributed by atoms with Crippen molar-refractivity contribution in [1.82, 2.24) is 31.2 Å². The van der Waals surface area contributed by atoms with Crippen molar-refractivity contribution in [3.8, 4) is 0 Å². The van der Waals surface area contributed by atoms with Gasteiger partial charge in [-0.15, -0.1) is 0 Å². The molecule has 0 spiro atoms. The summed E-state index contributed by atoms with van der Waals surface area (Å²) < 4.78 is 0. The number of carboxylic acids is 1. The van der Waals surface area contributed by atoms with E-state index in [-0.39, 0.29) is 24.9 Å². The minimum Gasteiger partial charge on any atom is -0.480 e. The number of hydrogen-bond acceptors (Lipinski definition) is 7. The zero-order chi connectivity index (χ0) is 21.4. The number of hydrogen-bond donors (Lipinski definition) is 7. The zero-order valence-corrected chi connectivity index (χ0v) is 16.0. The summed E-state index contributed by atoms with van der Waals surface area (Å²) in [7, 11) is 0.